The second-order valence-corrected chi connectivity index (χ2v) is 11.2. The summed E-state index contributed by atoms with van der Waals surface area (Å²) >= 11 is 0. The van der Waals surface area contributed by atoms with E-state index in [-0.39, 0.29) is 12.6 Å². The Balaban J connectivity index is 2.27. The quantitative estimate of drug-likeness (QED) is 0.718. The van der Waals surface area contributed by atoms with Crippen molar-refractivity contribution in [3.8, 4) is 0 Å². The van der Waals surface area contributed by atoms with E-state index in [4.69, 9.17) is 13.7 Å². The molecule has 0 aliphatic heterocycles. The highest BCUT2D eigenvalue weighted by Crippen LogP contribution is 2.53. The molecular formula is C13H27BO3Si. The smallest absolute Gasteiger partial charge is 0.413 e. The number of hydrogen-bond donors (Lipinski definition) is 0. The molecule has 2 fully saturated rings. The Morgan fingerprint density at radius 3 is 2.28 bits per heavy atom. The third-order valence-electron chi connectivity index (χ3n) is 4.52. The molecule has 3 nitrogen and oxygen atoms in total. The van der Waals surface area contributed by atoms with Crippen molar-refractivity contribution in [3.63, 3.8) is 0 Å². The van der Waals surface area contributed by atoms with Gasteiger partial charge in [0.2, 0.25) is 0 Å². The fraction of sp³-hybridized carbons (Fsp3) is 1.00. The maximum Gasteiger partial charge on any atom is 0.489 e. The minimum atomic E-state index is -1.61. The highest BCUT2D eigenvalue weighted by atomic mass is 28.4. The van der Waals surface area contributed by atoms with Gasteiger partial charge in [-0.05, 0) is 50.7 Å². The van der Waals surface area contributed by atoms with E-state index in [1.54, 1.807) is 14.2 Å². The van der Waals surface area contributed by atoms with Gasteiger partial charge >= 0.3 is 7.12 Å². The van der Waals surface area contributed by atoms with Crippen LogP contribution in [0.4, 0.5) is 0 Å². The Hall–Kier alpha value is 0.162. The molecule has 0 amide bonds. The summed E-state index contributed by atoms with van der Waals surface area (Å²) < 4.78 is 17.9. The van der Waals surface area contributed by atoms with Crippen LogP contribution in [0.3, 0.4) is 0 Å². The molecule has 2 rings (SSSR count). The Kier molecular flexibility index (Phi) is 4.27. The van der Waals surface area contributed by atoms with Crippen molar-refractivity contribution in [2.24, 2.45) is 11.8 Å². The minimum absolute atomic E-state index is 0.185. The summed E-state index contributed by atoms with van der Waals surface area (Å²) in [5.74, 6) is 1.46. The molecule has 0 bridgehead atoms. The van der Waals surface area contributed by atoms with Crippen molar-refractivity contribution in [2.45, 2.75) is 57.2 Å². The molecule has 0 N–H and O–H groups in total. The lowest BCUT2D eigenvalue weighted by molar-refractivity contribution is 0.0464. The summed E-state index contributed by atoms with van der Waals surface area (Å²) in [7, 11) is 1.66. The van der Waals surface area contributed by atoms with Crippen LogP contribution in [-0.4, -0.2) is 35.2 Å². The molecule has 0 heterocycles. The van der Waals surface area contributed by atoms with E-state index in [9.17, 15) is 0 Å². The van der Waals surface area contributed by atoms with Crippen LogP contribution in [-0.2, 0) is 13.7 Å². The van der Waals surface area contributed by atoms with Gasteiger partial charge in [0, 0.05) is 14.2 Å². The fourth-order valence-corrected chi connectivity index (χ4v) is 5.64. The zero-order valence-electron chi connectivity index (χ0n) is 12.5. The van der Waals surface area contributed by atoms with Gasteiger partial charge in [0.25, 0.3) is 0 Å². The normalized spacial score (nSPS) is 35.8. The third kappa shape index (κ3) is 2.55. The van der Waals surface area contributed by atoms with E-state index in [2.05, 4.69) is 19.6 Å². The predicted molar refractivity (Wildman–Crippen MR) is 77.0 cm³/mol. The van der Waals surface area contributed by atoms with Gasteiger partial charge in [0.15, 0.2) is 8.32 Å². The van der Waals surface area contributed by atoms with E-state index in [0.29, 0.717) is 5.92 Å². The Labute approximate surface area is 113 Å². The molecule has 2 aliphatic rings. The molecule has 2 aliphatic carbocycles. The molecule has 0 aromatic rings. The van der Waals surface area contributed by atoms with Crippen LogP contribution in [0.5, 0.6) is 0 Å². The van der Waals surface area contributed by atoms with Crippen LogP contribution in [0, 0.1) is 11.8 Å². The average Bonchev–Trinajstić information content (AvgIpc) is 2.83. The molecule has 2 saturated carbocycles. The lowest BCUT2D eigenvalue weighted by Gasteiger charge is -2.42. The van der Waals surface area contributed by atoms with Crippen molar-refractivity contribution in [1.29, 1.82) is 0 Å². The standard InChI is InChI=1S/C13H27BO3Si/c1-15-14(16-2)13(17-18(3,4)5)10-9-11-7-6-8-12(11)13/h11-12H,6-10H2,1-5H3. The van der Waals surface area contributed by atoms with Gasteiger partial charge in [-0.15, -0.1) is 0 Å². The zero-order chi connectivity index (χ0) is 13.4. The topological polar surface area (TPSA) is 27.7 Å². The first-order valence-corrected chi connectivity index (χ1v) is 10.6. The van der Waals surface area contributed by atoms with Crippen LogP contribution in [0.15, 0.2) is 0 Å². The molecule has 3 unspecified atom stereocenters. The Morgan fingerprint density at radius 2 is 1.72 bits per heavy atom. The second kappa shape index (κ2) is 5.27. The van der Waals surface area contributed by atoms with Crippen LogP contribution in [0.1, 0.15) is 32.1 Å². The van der Waals surface area contributed by atoms with Crippen molar-refractivity contribution < 1.29 is 13.7 Å². The molecule has 0 spiro atoms. The molecule has 0 saturated heterocycles. The molecule has 18 heavy (non-hydrogen) atoms. The predicted octanol–water partition coefficient (Wildman–Crippen LogP) is 3.11. The summed E-state index contributed by atoms with van der Waals surface area (Å²) in [5, 5.41) is 0. The molecule has 0 aromatic heterocycles. The molecule has 0 aromatic carbocycles. The van der Waals surface area contributed by atoms with E-state index in [0.717, 1.165) is 12.3 Å². The third-order valence-corrected chi connectivity index (χ3v) is 5.51. The number of hydrogen-bond acceptors (Lipinski definition) is 3. The zero-order valence-corrected chi connectivity index (χ0v) is 13.5. The van der Waals surface area contributed by atoms with Crippen LogP contribution in [0.2, 0.25) is 19.6 Å². The summed E-state index contributed by atoms with van der Waals surface area (Å²) in [6.07, 6.45) is 6.35. The summed E-state index contributed by atoms with van der Waals surface area (Å²) in [6.45, 7) is 6.79. The highest BCUT2D eigenvalue weighted by Gasteiger charge is 2.60. The van der Waals surface area contributed by atoms with E-state index < -0.39 is 8.32 Å². The van der Waals surface area contributed by atoms with Crippen molar-refractivity contribution in [1.82, 2.24) is 0 Å². The summed E-state index contributed by atoms with van der Waals surface area (Å²) in [6, 6.07) is 0. The fourth-order valence-electron chi connectivity index (χ4n) is 4.15. The van der Waals surface area contributed by atoms with Crippen LogP contribution < -0.4 is 0 Å². The SMILES string of the molecule is COB(OC)C1(O[Si](C)(C)C)CCC2CCCC21. The van der Waals surface area contributed by atoms with Gasteiger partial charge < -0.3 is 13.7 Å². The minimum Gasteiger partial charge on any atom is -0.413 e. The van der Waals surface area contributed by atoms with Crippen LogP contribution in [0.25, 0.3) is 0 Å². The maximum atomic E-state index is 6.63. The van der Waals surface area contributed by atoms with Gasteiger partial charge in [0.05, 0.1) is 5.50 Å². The number of rotatable bonds is 5. The molecule has 0 radical (unpaired) electrons. The van der Waals surface area contributed by atoms with E-state index >= 15 is 0 Å². The average molecular weight is 270 g/mol. The van der Waals surface area contributed by atoms with Crippen molar-refractivity contribution in [3.05, 3.63) is 0 Å². The van der Waals surface area contributed by atoms with Crippen molar-refractivity contribution in [2.75, 3.05) is 14.2 Å². The van der Waals surface area contributed by atoms with Crippen LogP contribution >= 0.6 is 0 Å². The molecule has 104 valence electrons. The maximum absolute atomic E-state index is 6.63. The monoisotopic (exact) mass is 270 g/mol. The Morgan fingerprint density at radius 1 is 1.06 bits per heavy atom. The first-order valence-electron chi connectivity index (χ1n) is 7.19. The van der Waals surface area contributed by atoms with Gasteiger partial charge in [-0.3, -0.25) is 0 Å². The van der Waals surface area contributed by atoms with Gasteiger partial charge in [-0.25, -0.2) is 0 Å². The summed E-state index contributed by atoms with van der Waals surface area (Å²) in [5.41, 5.74) is -0.185. The number of fused-ring (bicyclic) bond motifs is 1. The molecule has 3 atom stereocenters. The largest absolute Gasteiger partial charge is 0.489 e. The van der Waals surface area contributed by atoms with Gasteiger partial charge in [-0.2, -0.15) is 0 Å². The molecule has 5 heteroatoms. The van der Waals surface area contributed by atoms with E-state index in [1.807, 2.05) is 0 Å². The second-order valence-electron chi connectivity index (χ2n) is 6.81. The Bertz CT molecular complexity index is 290. The highest BCUT2D eigenvalue weighted by molar-refractivity contribution is 6.70. The van der Waals surface area contributed by atoms with Gasteiger partial charge in [-0.1, -0.05) is 12.8 Å². The van der Waals surface area contributed by atoms with E-state index in [1.165, 1.54) is 25.7 Å². The lowest BCUT2D eigenvalue weighted by Crippen LogP contribution is -2.58. The summed E-state index contributed by atoms with van der Waals surface area (Å²) in [4.78, 5) is 0. The molecular weight excluding hydrogens is 243 g/mol. The van der Waals surface area contributed by atoms with Gasteiger partial charge in [0.1, 0.15) is 0 Å². The first-order chi connectivity index (χ1) is 8.43. The first kappa shape index (κ1) is 14.6. The lowest BCUT2D eigenvalue weighted by atomic mass is 9.60. The van der Waals surface area contributed by atoms with Crippen molar-refractivity contribution >= 4 is 15.4 Å².